The van der Waals surface area contributed by atoms with Crippen molar-refractivity contribution in [1.82, 2.24) is 14.5 Å². The van der Waals surface area contributed by atoms with Crippen LogP contribution in [0.1, 0.15) is 22.3 Å². The molecule has 1 spiro atoms. The Kier molecular flexibility index (Phi) is 5.07. The van der Waals surface area contributed by atoms with Crippen LogP contribution in [0.25, 0.3) is 0 Å². The summed E-state index contributed by atoms with van der Waals surface area (Å²) in [6, 6.07) is 11.1. The van der Waals surface area contributed by atoms with Crippen LogP contribution in [-0.2, 0) is 16.4 Å². The van der Waals surface area contributed by atoms with E-state index in [0.717, 1.165) is 18.4 Å². The fourth-order valence-corrected chi connectivity index (χ4v) is 7.12. The van der Waals surface area contributed by atoms with Gasteiger partial charge in [0.2, 0.25) is 0 Å². The van der Waals surface area contributed by atoms with Gasteiger partial charge in [0.05, 0.1) is 5.54 Å². The molecule has 1 amide bonds. The van der Waals surface area contributed by atoms with Crippen molar-refractivity contribution in [3.8, 4) is 0 Å². The van der Waals surface area contributed by atoms with E-state index in [1.165, 1.54) is 11.3 Å². The molecule has 0 bridgehead atoms. The van der Waals surface area contributed by atoms with E-state index in [2.05, 4.69) is 10.2 Å². The number of aryl methyl sites for hydroxylation is 1. The first-order valence-corrected chi connectivity index (χ1v) is 11.7. The minimum absolute atomic E-state index is 0.0236. The number of hydrogen-bond acceptors (Lipinski definition) is 5. The van der Waals surface area contributed by atoms with E-state index in [4.69, 9.17) is 0 Å². The van der Waals surface area contributed by atoms with Gasteiger partial charge in [-0.25, -0.2) is 8.42 Å². The van der Waals surface area contributed by atoms with Crippen LogP contribution in [-0.4, -0.2) is 62.8 Å². The summed E-state index contributed by atoms with van der Waals surface area (Å²) in [5.41, 5.74) is 1.16. The van der Waals surface area contributed by atoms with E-state index >= 15 is 0 Å². The van der Waals surface area contributed by atoms with Gasteiger partial charge in [0, 0.05) is 31.1 Å². The second-order valence-corrected chi connectivity index (χ2v) is 11.1. The molecule has 4 rings (SSSR count). The molecule has 2 atom stereocenters. The second-order valence-electron chi connectivity index (χ2n) is 7.96. The monoisotopic (exact) mass is 419 g/mol. The summed E-state index contributed by atoms with van der Waals surface area (Å²) in [7, 11) is 0.413. The number of carbonyl (C=O) groups excluding carboxylic acids is 1. The summed E-state index contributed by atoms with van der Waals surface area (Å²) in [6.45, 7) is 1.44. The number of sulfonamides is 1. The molecule has 0 saturated carbocycles. The van der Waals surface area contributed by atoms with Crippen molar-refractivity contribution in [1.29, 1.82) is 0 Å². The Morgan fingerprint density at radius 3 is 2.75 bits per heavy atom. The number of benzene rings is 1. The third-order valence-corrected chi connectivity index (χ3v) is 8.99. The number of carbonyl (C=O) groups is 1. The number of nitrogens with one attached hydrogen (secondary N) is 1. The summed E-state index contributed by atoms with van der Waals surface area (Å²) in [6.07, 6.45) is 1.48. The molecule has 0 aliphatic carbocycles. The van der Waals surface area contributed by atoms with Crippen molar-refractivity contribution in [2.75, 3.05) is 33.7 Å². The summed E-state index contributed by atoms with van der Waals surface area (Å²) >= 11 is 1.23. The minimum Gasteiger partial charge on any atom is -0.345 e. The predicted octanol–water partition coefficient (Wildman–Crippen LogP) is 2.05. The second kappa shape index (κ2) is 7.26. The number of thiophene rings is 1. The smallest absolute Gasteiger partial charge is 0.252 e. The Morgan fingerprint density at radius 1 is 1.25 bits per heavy atom. The zero-order valence-electron chi connectivity index (χ0n) is 16.1. The molecule has 1 fully saturated rings. The first-order chi connectivity index (χ1) is 13.3. The van der Waals surface area contributed by atoms with Crippen molar-refractivity contribution < 1.29 is 13.2 Å². The number of amides is 1. The Labute approximate surface area is 170 Å². The van der Waals surface area contributed by atoms with Gasteiger partial charge in [0.1, 0.15) is 4.21 Å². The first-order valence-electron chi connectivity index (χ1n) is 9.41. The Balaban J connectivity index is 1.69. The van der Waals surface area contributed by atoms with Gasteiger partial charge in [0.25, 0.3) is 15.9 Å². The van der Waals surface area contributed by atoms with E-state index in [0.29, 0.717) is 29.4 Å². The minimum atomic E-state index is -3.55. The lowest BCUT2D eigenvalue weighted by Crippen LogP contribution is -2.55. The molecular weight excluding hydrogens is 394 g/mol. The highest BCUT2D eigenvalue weighted by molar-refractivity contribution is 7.91. The molecule has 1 aromatic heterocycles. The highest BCUT2D eigenvalue weighted by atomic mass is 32.2. The molecule has 6 nitrogen and oxygen atoms in total. The molecule has 2 aromatic rings. The highest BCUT2D eigenvalue weighted by Gasteiger charge is 2.51. The topological polar surface area (TPSA) is 69.7 Å². The van der Waals surface area contributed by atoms with Crippen molar-refractivity contribution in [2.24, 2.45) is 5.92 Å². The average Bonchev–Trinajstić information content (AvgIpc) is 3.27. The van der Waals surface area contributed by atoms with Crippen LogP contribution in [0.4, 0.5) is 0 Å². The molecule has 2 aliphatic rings. The van der Waals surface area contributed by atoms with Crippen LogP contribution in [0.5, 0.6) is 0 Å². The van der Waals surface area contributed by atoms with E-state index < -0.39 is 15.6 Å². The Hall–Kier alpha value is -1.74. The van der Waals surface area contributed by atoms with E-state index in [9.17, 15) is 13.2 Å². The first kappa shape index (κ1) is 19.6. The van der Waals surface area contributed by atoms with Gasteiger partial charge in [-0.2, -0.15) is 4.31 Å². The van der Waals surface area contributed by atoms with E-state index in [-0.39, 0.29) is 11.8 Å². The Bertz CT molecular complexity index is 972. The lowest BCUT2D eigenvalue weighted by atomic mass is 9.82. The quantitative estimate of drug-likeness (QED) is 0.824. The van der Waals surface area contributed by atoms with Gasteiger partial charge in [-0.1, -0.05) is 24.3 Å². The highest BCUT2D eigenvalue weighted by Crippen LogP contribution is 2.38. The van der Waals surface area contributed by atoms with Crippen LogP contribution in [0.2, 0.25) is 0 Å². The van der Waals surface area contributed by atoms with Gasteiger partial charge in [0.15, 0.2) is 0 Å². The van der Waals surface area contributed by atoms with Crippen LogP contribution in [0.3, 0.4) is 0 Å². The summed E-state index contributed by atoms with van der Waals surface area (Å²) in [5.74, 6) is -0.0808. The molecule has 150 valence electrons. The third-order valence-electron chi connectivity index (χ3n) is 5.80. The number of rotatable bonds is 4. The summed E-state index contributed by atoms with van der Waals surface area (Å²) in [5, 5.41) is 5.02. The van der Waals surface area contributed by atoms with Crippen LogP contribution < -0.4 is 5.32 Å². The van der Waals surface area contributed by atoms with Crippen LogP contribution in [0.15, 0.2) is 46.0 Å². The summed E-state index contributed by atoms with van der Waals surface area (Å²) in [4.78, 5) is 15.1. The molecule has 1 saturated heterocycles. The van der Waals surface area contributed by atoms with Crippen LogP contribution in [0, 0.1) is 5.92 Å². The van der Waals surface area contributed by atoms with Gasteiger partial charge < -0.3 is 10.2 Å². The molecule has 3 heterocycles. The maximum absolute atomic E-state index is 13.1. The van der Waals surface area contributed by atoms with Crippen molar-refractivity contribution in [3.63, 3.8) is 0 Å². The zero-order valence-corrected chi connectivity index (χ0v) is 17.7. The van der Waals surface area contributed by atoms with Gasteiger partial charge in [-0.3, -0.25) is 4.79 Å². The molecule has 1 aromatic carbocycles. The molecule has 28 heavy (non-hydrogen) atoms. The standard InChI is InChI=1S/C20H25N3O3S2/c1-22(2)12-16-13-23(28(25,26)18-8-5-11-27-18)14-20(16)10-9-15-6-3-4-7-17(15)19(24)21-20/h3-8,11,16H,9-10,12-14H2,1-2H3,(H,21,24)/t16-,20-/m1/s1. The van der Waals surface area contributed by atoms with Gasteiger partial charge in [-0.15, -0.1) is 11.3 Å². The molecule has 0 unspecified atom stereocenters. The molecule has 1 N–H and O–H groups in total. The van der Waals surface area contributed by atoms with Crippen LogP contribution >= 0.6 is 11.3 Å². The number of fused-ring (bicyclic) bond motifs is 1. The summed E-state index contributed by atoms with van der Waals surface area (Å²) < 4.78 is 28.2. The average molecular weight is 420 g/mol. The van der Waals surface area contributed by atoms with Gasteiger partial charge >= 0.3 is 0 Å². The van der Waals surface area contributed by atoms with Crippen molar-refractivity contribution in [3.05, 3.63) is 52.9 Å². The normalized spacial score (nSPS) is 25.7. The van der Waals surface area contributed by atoms with E-state index in [1.807, 2.05) is 38.4 Å². The Morgan fingerprint density at radius 2 is 2.04 bits per heavy atom. The number of nitrogens with zero attached hydrogens (tertiary/aromatic N) is 2. The van der Waals surface area contributed by atoms with Crippen molar-refractivity contribution in [2.45, 2.75) is 22.6 Å². The number of hydrogen-bond donors (Lipinski definition) is 1. The largest absolute Gasteiger partial charge is 0.345 e. The lowest BCUT2D eigenvalue weighted by molar-refractivity contribution is 0.0870. The molecule has 2 aliphatic heterocycles. The predicted molar refractivity (Wildman–Crippen MR) is 110 cm³/mol. The SMILES string of the molecule is CN(C)C[C@@H]1CN(S(=O)(=O)c2cccs2)C[C@]12CCc1ccccc1C(=O)N2. The van der Waals surface area contributed by atoms with Crippen molar-refractivity contribution >= 4 is 27.3 Å². The molecule has 0 radical (unpaired) electrons. The van der Waals surface area contributed by atoms with Gasteiger partial charge in [-0.05, 0) is 50.0 Å². The maximum atomic E-state index is 13.1. The maximum Gasteiger partial charge on any atom is 0.252 e. The third kappa shape index (κ3) is 3.39. The van der Waals surface area contributed by atoms with E-state index in [1.54, 1.807) is 21.8 Å². The zero-order chi connectivity index (χ0) is 19.9. The molecular formula is C20H25N3O3S2. The fraction of sp³-hybridized carbons (Fsp3) is 0.450. The fourth-order valence-electron chi connectivity index (χ4n) is 4.42. The molecule has 8 heteroatoms. The lowest BCUT2D eigenvalue weighted by Gasteiger charge is -2.35.